The van der Waals surface area contributed by atoms with Crippen LogP contribution in [-0.2, 0) is 0 Å². The lowest BCUT2D eigenvalue weighted by Crippen LogP contribution is -1.81. The van der Waals surface area contributed by atoms with Gasteiger partial charge in [-0.05, 0) is 18.7 Å². The largest absolute Gasteiger partial charge is 0.394 e. The number of hydrogen-bond donors (Lipinski definition) is 2. The average molecular weight is 121 g/mol. The molecular weight excluding hydrogens is 114 g/mol. The molecule has 0 unspecified atom stereocenters. The molecule has 1 heterocycles. The van der Waals surface area contributed by atoms with E-state index in [1.54, 1.807) is 6.20 Å². The summed E-state index contributed by atoms with van der Waals surface area (Å²) in [5.74, 6) is 0.461. The van der Waals surface area contributed by atoms with Crippen molar-refractivity contribution >= 4 is 11.5 Å². The highest BCUT2D eigenvalue weighted by Crippen LogP contribution is 2.24. The molecule has 46 valence electrons. The first-order valence-corrected chi connectivity index (χ1v) is 2.56. The Bertz CT molecular complexity index is 234. The van der Waals surface area contributed by atoms with Gasteiger partial charge in [0.1, 0.15) is 5.82 Å². The lowest BCUT2D eigenvalue weighted by molar-refractivity contribution is 1.39. The number of H-pyrrole nitrogens is 1. The number of hydrogen-bond acceptors (Lipinski definition) is 1. The van der Waals surface area contributed by atoms with Crippen LogP contribution in [0.4, 0.5) is 11.5 Å². The number of nitrogens with one attached hydrogen (secondary N) is 1. The highest BCUT2D eigenvalue weighted by Gasteiger charge is 2.01. The van der Waals surface area contributed by atoms with Gasteiger partial charge in [0, 0.05) is 0 Å². The molecule has 0 aliphatic rings. The predicted octanol–water partition coefficient (Wildman–Crippen LogP) is 1.46. The maximum atomic E-state index is 6.67. The molecule has 1 aromatic heterocycles. The minimum atomic E-state index is 0.461. The Labute approximate surface area is 53.3 Å². The zero-order valence-electron chi connectivity index (χ0n) is 5.10. The molecule has 3 heteroatoms. The summed E-state index contributed by atoms with van der Waals surface area (Å²) in [5, 5.41) is 0. The normalized spacial score (nSPS) is 8.89. The lowest BCUT2D eigenvalue weighted by Gasteiger charge is -1.84. The van der Waals surface area contributed by atoms with Crippen LogP contribution in [0.25, 0.3) is 4.85 Å². The fraction of sp³-hybridized carbons (Fsp3) is 0.167. The molecule has 9 heavy (non-hydrogen) atoms. The summed E-state index contributed by atoms with van der Waals surface area (Å²) >= 11 is 0. The smallest absolute Gasteiger partial charge is 0.230 e. The van der Waals surface area contributed by atoms with E-state index in [0.717, 1.165) is 5.56 Å². The molecule has 0 aliphatic heterocycles. The third kappa shape index (κ3) is 0.745. The van der Waals surface area contributed by atoms with Crippen molar-refractivity contribution in [2.45, 2.75) is 6.92 Å². The number of aryl methyl sites for hydroxylation is 1. The summed E-state index contributed by atoms with van der Waals surface area (Å²) in [6.45, 7) is 8.51. The van der Waals surface area contributed by atoms with Gasteiger partial charge in [0.25, 0.3) is 0 Å². The molecule has 0 spiro atoms. The second-order valence-electron chi connectivity index (χ2n) is 1.85. The minimum absolute atomic E-state index is 0.461. The van der Waals surface area contributed by atoms with Crippen molar-refractivity contribution < 1.29 is 0 Å². The van der Waals surface area contributed by atoms with Crippen LogP contribution in [0.5, 0.6) is 0 Å². The third-order valence-electron chi connectivity index (χ3n) is 1.18. The quantitative estimate of drug-likeness (QED) is 0.501. The Morgan fingerprint density at radius 2 is 2.44 bits per heavy atom. The van der Waals surface area contributed by atoms with E-state index in [1.807, 2.05) is 6.92 Å². The monoisotopic (exact) mass is 121 g/mol. The topological polar surface area (TPSA) is 46.2 Å². The third-order valence-corrected chi connectivity index (χ3v) is 1.18. The molecule has 3 N–H and O–H groups in total. The number of aromatic amines is 1. The maximum absolute atomic E-state index is 6.67. The van der Waals surface area contributed by atoms with Gasteiger partial charge in [0.15, 0.2) is 0 Å². The van der Waals surface area contributed by atoms with Crippen LogP contribution in [-0.4, -0.2) is 4.98 Å². The van der Waals surface area contributed by atoms with Gasteiger partial charge in [-0.2, -0.15) is 0 Å². The lowest BCUT2D eigenvalue weighted by atomic mass is 10.3. The van der Waals surface area contributed by atoms with E-state index in [1.165, 1.54) is 0 Å². The molecule has 0 amide bonds. The number of rotatable bonds is 0. The van der Waals surface area contributed by atoms with Gasteiger partial charge < -0.3 is 10.7 Å². The molecule has 1 aromatic rings. The van der Waals surface area contributed by atoms with Crippen molar-refractivity contribution in [3.8, 4) is 0 Å². The molecule has 0 bridgehead atoms. The summed E-state index contributed by atoms with van der Waals surface area (Å²) in [4.78, 5) is 5.98. The molecule has 3 nitrogen and oxygen atoms in total. The fourth-order valence-corrected chi connectivity index (χ4v) is 0.684. The Morgan fingerprint density at radius 1 is 1.78 bits per heavy atom. The van der Waals surface area contributed by atoms with Crippen LogP contribution in [0.15, 0.2) is 6.20 Å². The number of anilines is 1. The van der Waals surface area contributed by atoms with Crippen molar-refractivity contribution in [2.75, 3.05) is 5.73 Å². The number of nitrogen functional groups attached to an aromatic ring is 1. The van der Waals surface area contributed by atoms with E-state index in [9.17, 15) is 0 Å². The second-order valence-corrected chi connectivity index (χ2v) is 1.85. The summed E-state index contributed by atoms with van der Waals surface area (Å²) in [6, 6.07) is 0. The first kappa shape index (κ1) is 5.70. The van der Waals surface area contributed by atoms with Crippen molar-refractivity contribution in [3.63, 3.8) is 0 Å². The first-order chi connectivity index (χ1) is 4.25. The van der Waals surface area contributed by atoms with E-state index in [-0.39, 0.29) is 0 Å². The summed E-state index contributed by atoms with van der Waals surface area (Å²) in [7, 11) is 0. The molecule has 0 atom stereocenters. The standard InChI is InChI=1S/C6H7N3/c1-4-3-9-6(7)5(4)8-2/h3,9H,7H2,1H3. The van der Waals surface area contributed by atoms with E-state index >= 15 is 0 Å². The van der Waals surface area contributed by atoms with Gasteiger partial charge >= 0.3 is 0 Å². The van der Waals surface area contributed by atoms with Crippen LogP contribution in [0.3, 0.4) is 0 Å². The molecule has 0 radical (unpaired) electrons. The summed E-state index contributed by atoms with van der Waals surface area (Å²) in [5.41, 5.74) is 6.82. The molecule has 1 rings (SSSR count). The van der Waals surface area contributed by atoms with Gasteiger partial charge in [-0.15, -0.1) is 0 Å². The zero-order valence-corrected chi connectivity index (χ0v) is 5.10. The van der Waals surface area contributed by atoms with Crippen LogP contribution in [0.2, 0.25) is 0 Å². The van der Waals surface area contributed by atoms with Crippen LogP contribution < -0.4 is 5.73 Å². The molecule has 0 aliphatic carbocycles. The highest BCUT2D eigenvalue weighted by atomic mass is 14.9. The van der Waals surface area contributed by atoms with Crippen LogP contribution >= 0.6 is 0 Å². The van der Waals surface area contributed by atoms with E-state index < -0.39 is 0 Å². The Hall–Kier alpha value is -1.43. The van der Waals surface area contributed by atoms with Gasteiger partial charge in [0.05, 0.1) is 6.57 Å². The highest BCUT2D eigenvalue weighted by molar-refractivity contribution is 5.67. The summed E-state index contributed by atoms with van der Waals surface area (Å²) in [6.07, 6.45) is 1.72. The summed E-state index contributed by atoms with van der Waals surface area (Å²) < 4.78 is 0. The number of nitrogens with zero attached hydrogens (tertiary/aromatic N) is 1. The van der Waals surface area contributed by atoms with Crippen LogP contribution in [0.1, 0.15) is 5.56 Å². The SMILES string of the molecule is [C-]#[N+]c1c(C)c[nH]c1N. The number of aromatic nitrogens is 1. The number of nitrogens with two attached hydrogens (primary N) is 1. The fourth-order valence-electron chi connectivity index (χ4n) is 0.684. The molecular formula is C6H7N3. The van der Waals surface area contributed by atoms with Crippen molar-refractivity contribution in [3.05, 3.63) is 23.2 Å². The molecule has 0 fully saturated rings. The minimum Gasteiger partial charge on any atom is -0.394 e. The second kappa shape index (κ2) is 1.82. The molecule has 0 saturated heterocycles. The van der Waals surface area contributed by atoms with E-state index in [0.29, 0.717) is 11.5 Å². The Kier molecular flexibility index (Phi) is 1.16. The Balaban J connectivity index is 3.27. The van der Waals surface area contributed by atoms with Crippen molar-refractivity contribution in [1.29, 1.82) is 0 Å². The predicted molar refractivity (Wildman–Crippen MR) is 36.2 cm³/mol. The zero-order chi connectivity index (χ0) is 6.85. The Morgan fingerprint density at radius 3 is 2.67 bits per heavy atom. The first-order valence-electron chi connectivity index (χ1n) is 2.56. The van der Waals surface area contributed by atoms with Gasteiger partial charge in [-0.25, -0.2) is 4.85 Å². The van der Waals surface area contributed by atoms with Crippen molar-refractivity contribution in [2.24, 2.45) is 0 Å². The van der Waals surface area contributed by atoms with E-state index in [2.05, 4.69) is 9.83 Å². The van der Waals surface area contributed by atoms with Crippen LogP contribution in [0, 0.1) is 13.5 Å². The average Bonchev–Trinajstić information content (AvgIpc) is 2.12. The van der Waals surface area contributed by atoms with Gasteiger partial charge in [-0.1, -0.05) is 0 Å². The van der Waals surface area contributed by atoms with Crippen molar-refractivity contribution in [1.82, 2.24) is 4.98 Å². The maximum Gasteiger partial charge on any atom is 0.230 e. The molecule has 0 aromatic carbocycles. The van der Waals surface area contributed by atoms with E-state index in [4.69, 9.17) is 12.3 Å². The molecule has 0 saturated carbocycles. The van der Waals surface area contributed by atoms with Gasteiger partial charge in [0.2, 0.25) is 5.69 Å². The van der Waals surface area contributed by atoms with Gasteiger partial charge in [-0.3, -0.25) is 0 Å².